The quantitative estimate of drug-likeness (QED) is 0.720. The monoisotopic (exact) mass is 287 g/mol. The Morgan fingerprint density at radius 2 is 1.57 bits per heavy atom. The van der Waals surface area contributed by atoms with Gasteiger partial charge in [-0.15, -0.1) is 0 Å². The van der Waals surface area contributed by atoms with E-state index in [-0.39, 0.29) is 0 Å². The molecule has 1 fully saturated rings. The second-order valence-corrected chi connectivity index (χ2v) is 7.62. The van der Waals surface area contributed by atoms with Crippen molar-refractivity contribution in [1.29, 1.82) is 0 Å². The third-order valence-corrected chi connectivity index (χ3v) is 5.06. The third kappa shape index (κ3) is 5.14. The molecule has 1 atom stereocenters. The van der Waals surface area contributed by atoms with Gasteiger partial charge in [0.2, 0.25) is 0 Å². The minimum absolute atomic E-state index is 0.520. The molecule has 1 unspecified atom stereocenters. The molecule has 0 spiro atoms. The van der Waals surface area contributed by atoms with Crippen molar-refractivity contribution in [1.82, 2.24) is 5.32 Å². The van der Waals surface area contributed by atoms with Crippen LogP contribution in [-0.2, 0) is 0 Å². The van der Waals surface area contributed by atoms with E-state index in [0.29, 0.717) is 12.1 Å². The highest BCUT2D eigenvalue weighted by Gasteiger charge is 2.25. The Hall–Kier alpha value is -0.820. The highest BCUT2D eigenvalue weighted by Crippen LogP contribution is 2.32. The molecule has 0 aliphatic heterocycles. The summed E-state index contributed by atoms with van der Waals surface area (Å²) in [5.74, 6) is 2.53. The first kappa shape index (κ1) is 16.5. The van der Waals surface area contributed by atoms with Gasteiger partial charge in [-0.1, -0.05) is 58.0 Å². The number of nitrogens with one attached hydrogen (secondary N) is 1. The Morgan fingerprint density at radius 3 is 2.10 bits per heavy atom. The highest BCUT2D eigenvalue weighted by atomic mass is 15.0. The molecule has 0 radical (unpaired) electrons. The fourth-order valence-corrected chi connectivity index (χ4v) is 3.69. The van der Waals surface area contributed by atoms with Crippen molar-refractivity contribution in [3.63, 3.8) is 0 Å². The van der Waals surface area contributed by atoms with Crippen molar-refractivity contribution in [2.75, 3.05) is 0 Å². The van der Waals surface area contributed by atoms with E-state index in [4.69, 9.17) is 0 Å². The van der Waals surface area contributed by atoms with Crippen LogP contribution in [0.2, 0.25) is 0 Å². The van der Waals surface area contributed by atoms with E-state index in [2.05, 4.69) is 63.3 Å². The van der Waals surface area contributed by atoms with Gasteiger partial charge in [0.05, 0.1) is 0 Å². The summed E-state index contributed by atoms with van der Waals surface area (Å²) < 4.78 is 0. The molecule has 1 heteroatoms. The maximum atomic E-state index is 3.96. The van der Waals surface area contributed by atoms with E-state index in [0.717, 1.165) is 17.8 Å². The van der Waals surface area contributed by atoms with Gasteiger partial charge in [-0.3, -0.25) is 0 Å². The molecular formula is C20H33N. The molecule has 2 rings (SSSR count). The average molecular weight is 287 g/mol. The maximum absolute atomic E-state index is 3.96. The molecule has 0 amide bonds. The van der Waals surface area contributed by atoms with E-state index in [1.54, 1.807) is 0 Å². The van der Waals surface area contributed by atoms with Crippen molar-refractivity contribution in [3.05, 3.63) is 35.9 Å². The Morgan fingerprint density at radius 1 is 0.952 bits per heavy atom. The summed E-state index contributed by atoms with van der Waals surface area (Å²) in [7, 11) is 0. The van der Waals surface area contributed by atoms with Crippen LogP contribution in [0.4, 0.5) is 0 Å². The van der Waals surface area contributed by atoms with Gasteiger partial charge >= 0.3 is 0 Å². The van der Waals surface area contributed by atoms with E-state index in [1.807, 2.05) is 0 Å². The summed E-state index contributed by atoms with van der Waals surface area (Å²) in [5.41, 5.74) is 1.46. The lowest BCUT2D eigenvalue weighted by atomic mass is 9.79. The van der Waals surface area contributed by atoms with Gasteiger partial charge in [-0.25, -0.2) is 0 Å². The van der Waals surface area contributed by atoms with Gasteiger partial charge < -0.3 is 5.32 Å². The summed E-state index contributed by atoms with van der Waals surface area (Å²) in [6.45, 7) is 9.41. The van der Waals surface area contributed by atoms with Gasteiger partial charge in [0.15, 0.2) is 0 Å². The predicted molar refractivity (Wildman–Crippen MR) is 92.4 cm³/mol. The van der Waals surface area contributed by atoms with Crippen LogP contribution in [0.1, 0.15) is 71.4 Å². The molecule has 1 aromatic rings. The van der Waals surface area contributed by atoms with Crippen LogP contribution in [0.15, 0.2) is 30.3 Å². The molecule has 1 nitrogen and oxygen atoms in total. The third-order valence-electron chi connectivity index (χ3n) is 5.06. The summed E-state index contributed by atoms with van der Waals surface area (Å²) in [5, 5.41) is 3.96. The molecule has 1 aliphatic rings. The highest BCUT2D eigenvalue weighted by molar-refractivity contribution is 5.19. The van der Waals surface area contributed by atoms with E-state index in [9.17, 15) is 0 Å². The normalized spacial score (nSPS) is 24.5. The summed E-state index contributed by atoms with van der Waals surface area (Å²) in [4.78, 5) is 0. The second kappa shape index (κ2) is 7.98. The Kier molecular flexibility index (Phi) is 6.29. The molecule has 0 saturated heterocycles. The molecule has 0 aromatic heterocycles. The van der Waals surface area contributed by atoms with Crippen molar-refractivity contribution in [2.45, 2.75) is 71.9 Å². The Bertz CT molecular complexity index is 388. The zero-order valence-corrected chi connectivity index (χ0v) is 14.3. The van der Waals surface area contributed by atoms with Crippen LogP contribution < -0.4 is 5.32 Å². The van der Waals surface area contributed by atoms with Crippen molar-refractivity contribution in [2.24, 2.45) is 17.8 Å². The predicted octanol–water partition coefficient (Wildman–Crippen LogP) is 5.58. The van der Waals surface area contributed by atoms with Crippen LogP contribution in [-0.4, -0.2) is 6.04 Å². The lowest BCUT2D eigenvalue weighted by molar-refractivity contribution is 0.223. The van der Waals surface area contributed by atoms with E-state index in [1.165, 1.54) is 37.7 Å². The van der Waals surface area contributed by atoms with Gasteiger partial charge in [0, 0.05) is 12.1 Å². The van der Waals surface area contributed by atoms with Crippen molar-refractivity contribution in [3.8, 4) is 0 Å². The molecule has 1 aromatic carbocycles. The molecule has 1 saturated carbocycles. The summed E-state index contributed by atoms with van der Waals surface area (Å²) in [6, 6.07) is 12.2. The van der Waals surface area contributed by atoms with Crippen molar-refractivity contribution >= 4 is 0 Å². The first-order valence-corrected chi connectivity index (χ1v) is 8.87. The lowest BCUT2D eigenvalue weighted by Crippen LogP contribution is -2.37. The van der Waals surface area contributed by atoms with E-state index < -0.39 is 0 Å². The van der Waals surface area contributed by atoms with Crippen LogP contribution in [0.3, 0.4) is 0 Å². The minimum atomic E-state index is 0.520. The molecule has 0 bridgehead atoms. The van der Waals surface area contributed by atoms with Gasteiger partial charge in [-0.2, -0.15) is 0 Å². The standard InChI is InChI=1S/C20H33N/c1-15(2)14-20(18-8-6-5-7-9-18)21-19-12-10-17(11-13-19)16(3)4/h5-9,15-17,19-21H,10-14H2,1-4H3. The fourth-order valence-electron chi connectivity index (χ4n) is 3.69. The Labute approximate surface area is 131 Å². The van der Waals surface area contributed by atoms with E-state index >= 15 is 0 Å². The zero-order chi connectivity index (χ0) is 15.2. The maximum Gasteiger partial charge on any atom is 0.0325 e. The van der Waals surface area contributed by atoms with Gasteiger partial charge in [0.1, 0.15) is 0 Å². The van der Waals surface area contributed by atoms with Crippen LogP contribution in [0.5, 0.6) is 0 Å². The number of rotatable bonds is 6. The summed E-state index contributed by atoms with van der Waals surface area (Å²) >= 11 is 0. The molecule has 0 heterocycles. The molecule has 1 aliphatic carbocycles. The first-order valence-electron chi connectivity index (χ1n) is 8.87. The smallest absolute Gasteiger partial charge is 0.0325 e. The largest absolute Gasteiger partial charge is 0.307 e. The number of hydrogen-bond acceptors (Lipinski definition) is 1. The number of hydrogen-bond donors (Lipinski definition) is 1. The van der Waals surface area contributed by atoms with Crippen molar-refractivity contribution < 1.29 is 0 Å². The lowest BCUT2D eigenvalue weighted by Gasteiger charge is -2.34. The molecule has 118 valence electrons. The average Bonchev–Trinajstić information content (AvgIpc) is 2.47. The SMILES string of the molecule is CC(C)CC(NC1CCC(C(C)C)CC1)c1ccccc1. The Balaban J connectivity index is 1.94. The molecule has 1 N–H and O–H groups in total. The van der Waals surface area contributed by atoms with Gasteiger partial charge in [0.25, 0.3) is 0 Å². The minimum Gasteiger partial charge on any atom is -0.307 e. The zero-order valence-electron chi connectivity index (χ0n) is 14.3. The number of benzene rings is 1. The van der Waals surface area contributed by atoms with Gasteiger partial charge in [-0.05, 0) is 55.4 Å². The van der Waals surface area contributed by atoms with Crippen LogP contribution >= 0.6 is 0 Å². The van der Waals surface area contributed by atoms with Crippen LogP contribution in [0.25, 0.3) is 0 Å². The first-order chi connectivity index (χ1) is 10.1. The topological polar surface area (TPSA) is 12.0 Å². The second-order valence-electron chi connectivity index (χ2n) is 7.62. The van der Waals surface area contributed by atoms with Crippen LogP contribution in [0, 0.1) is 17.8 Å². The fraction of sp³-hybridized carbons (Fsp3) is 0.700. The molecule has 21 heavy (non-hydrogen) atoms. The molecular weight excluding hydrogens is 254 g/mol. The summed E-state index contributed by atoms with van der Waals surface area (Å²) in [6.07, 6.45) is 6.74.